The number of hydrogen-bond donors (Lipinski definition) is 9. The fourth-order valence-electron chi connectivity index (χ4n) is 12.0. The maximum atomic E-state index is 13.4. The summed E-state index contributed by atoms with van der Waals surface area (Å²) >= 11 is 0. The molecule has 2 aliphatic heterocycles. The van der Waals surface area contributed by atoms with Crippen molar-refractivity contribution in [2.75, 3.05) is 19.8 Å². The summed E-state index contributed by atoms with van der Waals surface area (Å²) < 4.78 is 22.9. The lowest BCUT2D eigenvalue weighted by Crippen LogP contribution is -2.65. The van der Waals surface area contributed by atoms with Gasteiger partial charge in [-0.05, 0) is 96.3 Å². The Morgan fingerprint density at radius 3 is 1.09 bits per heavy atom. The lowest BCUT2D eigenvalue weighted by Gasteiger charge is -2.46. The van der Waals surface area contributed by atoms with Gasteiger partial charge in [0.2, 0.25) is 5.91 Å². The maximum Gasteiger partial charge on any atom is 0.220 e. The highest BCUT2D eigenvalue weighted by Gasteiger charge is 2.51. The minimum absolute atomic E-state index is 0.246. The number of nitrogens with one attached hydrogen (secondary N) is 1. The van der Waals surface area contributed by atoms with E-state index < -0.39 is 86.8 Å². The predicted molar refractivity (Wildman–Crippen MR) is 401 cm³/mol. The Balaban J connectivity index is 1.63. The minimum Gasteiger partial charge on any atom is -0.394 e. The van der Waals surface area contributed by atoms with E-state index in [0.717, 1.165) is 109 Å². The Morgan fingerprint density at radius 2 is 0.711 bits per heavy atom. The summed E-state index contributed by atoms with van der Waals surface area (Å²) in [5.74, 6) is -0.246. The summed E-state index contributed by atoms with van der Waals surface area (Å²) in [6.45, 7) is 2.70. The molecule has 12 unspecified atom stereocenters. The summed E-state index contributed by atoms with van der Waals surface area (Å²) in [5, 5.41) is 87.6. The highest BCUT2D eigenvalue weighted by atomic mass is 16.7. The molecule has 2 fully saturated rings. The van der Waals surface area contributed by atoms with E-state index >= 15 is 0 Å². The van der Waals surface area contributed by atoms with E-state index in [2.05, 4.69) is 141 Å². The average molecular weight is 1360 g/mol. The summed E-state index contributed by atoms with van der Waals surface area (Å²) in [4.78, 5) is 13.4. The lowest BCUT2D eigenvalue weighted by molar-refractivity contribution is -0.359. The van der Waals surface area contributed by atoms with E-state index in [4.69, 9.17) is 18.9 Å². The molecule has 2 rings (SSSR count). The Kier molecular flexibility index (Phi) is 60.2. The first-order valence-corrected chi connectivity index (χ1v) is 38.9. The van der Waals surface area contributed by atoms with Gasteiger partial charge in [-0.3, -0.25) is 4.79 Å². The molecule has 0 aromatic heterocycles. The number of amides is 1. The van der Waals surface area contributed by atoms with Crippen LogP contribution in [0.3, 0.4) is 0 Å². The van der Waals surface area contributed by atoms with Crippen LogP contribution in [-0.4, -0.2) is 140 Å². The SMILES string of the molecule is CC/C=C\C/C=C\C/C=C\C/C=C\C/C=C\C/C=C\C/C=C\C/C=C\C/C=C\C/C=C\CCCCCCCCCCCCC(=O)NC(COC1OC(CO)C(OC2OC(CO)C(O)C(O)C2O)C(O)C1O)C(O)/C=C/CCCCCCCCCCCCCCCCCCCCCC. The van der Waals surface area contributed by atoms with Gasteiger partial charge in [-0.1, -0.05) is 321 Å². The molecule has 9 N–H and O–H groups in total. The average Bonchev–Trinajstić information content (AvgIpc) is 0.794. The zero-order valence-corrected chi connectivity index (χ0v) is 60.8. The first kappa shape index (κ1) is 89.2. The summed E-state index contributed by atoms with van der Waals surface area (Å²) in [6, 6.07) is -0.927. The number of unbranched alkanes of at least 4 members (excludes halogenated alkanes) is 30. The third-order valence-corrected chi connectivity index (χ3v) is 18.1. The molecule has 2 aliphatic rings. The van der Waals surface area contributed by atoms with Gasteiger partial charge in [0.25, 0.3) is 0 Å². The van der Waals surface area contributed by atoms with Gasteiger partial charge in [0, 0.05) is 6.42 Å². The van der Waals surface area contributed by atoms with Crippen molar-refractivity contribution in [1.29, 1.82) is 0 Å². The number of ether oxygens (including phenoxy) is 4. The maximum absolute atomic E-state index is 13.4. The van der Waals surface area contributed by atoms with Crippen LogP contribution in [0.1, 0.15) is 290 Å². The van der Waals surface area contributed by atoms with Gasteiger partial charge in [-0.25, -0.2) is 0 Å². The number of allylic oxidation sites excluding steroid dienone is 21. The van der Waals surface area contributed by atoms with Crippen molar-refractivity contribution in [3.63, 3.8) is 0 Å². The van der Waals surface area contributed by atoms with Crippen LogP contribution in [-0.2, 0) is 23.7 Å². The van der Waals surface area contributed by atoms with Crippen LogP contribution in [0, 0.1) is 0 Å². The summed E-state index contributed by atoms with van der Waals surface area (Å²) in [6.07, 6.45) is 80.8. The molecule has 556 valence electrons. The third kappa shape index (κ3) is 48.6. The van der Waals surface area contributed by atoms with Crippen LogP contribution in [0.25, 0.3) is 0 Å². The second-order valence-electron chi connectivity index (χ2n) is 26.8. The molecular formula is C83H141NO13. The highest BCUT2D eigenvalue weighted by molar-refractivity contribution is 5.76. The van der Waals surface area contributed by atoms with E-state index in [9.17, 15) is 45.6 Å². The predicted octanol–water partition coefficient (Wildman–Crippen LogP) is 17.4. The first-order valence-electron chi connectivity index (χ1n) is 38.9. The molecule has 0 spiro atoms. The number of rotatable bonds is 63. The molecule has 2 saturated heterocycles. The van der Waals surface area contributed by atoms with Gasteiger partial charge in [0.05, 0.1) is 32.0 Å². The smallest absolute Gasteiger partial charge is 0.220 e. The molecule has 0 saturated carbocycles. The molecule has 12 atom stereocenters. The van der Waals surface area contributed by atoms with Crippen molar-refractivity contribution in [2.45, 2.75) is 364 Å². The van der Waals surface area contributed by atoms with Crippen molar-refractivity contribution in [3.8, 4) is 0 Å². The van der Waals surface area contributed by atoms with Crippen molar-refractivity contribution in [2.24, 2.45) is 0 Å². The van der Waals surface area contributed by atoms with Crippen LogP contribution in [0.5, 0.6) is 0 Å². The molecule has 2 heterocycles. The van der Waals surface area contributed by atoms with Crippen molar-refractivity contribution < 1.29 is 64.6 Å². The summed E-state index contributed by atoms with van der Waals surface area (Å²) in [7, 11) is 0. The van der Waals surface area contributed by atoms with E-state index in [-0.39, 0.29) is 18.9 Å². The van der Waals surface area contributed by atoms with Crippen LogP contribution in [0.15, 0.2) is 134 Å². The highest BCUT2D eigenvalue weighted by Crippen LogP contribution is 2.30. The van der Waals surface area contributed by atoms with Crippen molar-refractivity contribution >= 4 is 5.91 Å². The van der Waals surface area contributed by atoms with Gasteiger partial charge in [-0.2, -0.15) is 0 Å². The Hall–Kier alpha value is -3.87. The third-order valence-electron chi connectivity index (χ3n) is 18.1. The van der Waals surface area contributed by atoms with Gasteiger partial charge in [-0.15, -0.1) is 0 Å². The molecule has 0 aromatic rings. The quantitative estimate of drug-likeness (QED) is 0.0204. The second-order valence-corrected chi connectivity index (χ2v) is 26.8. The minimum atomic E-state index is -1.79. The first-order chi connectivity index (χ1) is 47.6. The number of carbonyl (C=O) groups excluding carboxylic acids is 1. The number of hydrogen-bond acceptors (Lipinski definition) is 13. The molecule has 97 heavy (non-hydrogen) atoms. The van der Waals surface area contributed by atoms with E-state index in [0.29, 0.717) is 6.42 Å². The van der Waals surface area contributed by atoms with Crippen LogP contribution < -0.4 is 5.32 Å². The van der Waals surface area contributed by atoms with Gasteiger partial charge >= 0.3 is 0 Å². The molecule has 1 amide bonds. The van der Waals surface area contributed by atoms with Crippen LogP contribution >= 0.6 is 0 Å². The van der Waals surface area contributed by atoms with Crippen molar-refractivity contribution in [3.05, 3.63) is 134 Å². The molecular weight excluding hydrogens is 1220 g/mol. The van der Waals surface area contributed by atoms with Gasteiger partial charge < -0.3 is 65.1 Å². The topological polar surface area (TPSA) is 228 Å². The Labute approximate surface area is 590 Å². The standard InChI is InChI=1S/C83H141NO13/c1-3-5-7-9-11-13-15-17-19-21-23-25-27-28-29-30-31-32-33-34-35-36-37-38-39-40-41-42-43-44-45-47-49-51-53-55-57-59-61-63-65-67-75(88)84-71(70-94-82-80(93)78(91)81(74(69-86)96-82)97-83-79(92)77(90)76(89)73(68-85)95-83)72(87)66-64-62-60-58-56-54-52-50-48-46-26-24-22-20-18-16-14-12-10-8-6-4-2/h5,7,11,13,17,19,23,25,28-29,31-32,34-35,37-38,40-41,43-44,64,66,71-74,76-83,85-87,89-93H,3-4,6,8-10,12,14-16,18,20-22,24,26-27,30,33,36,39,42,45-63,65,67-70H2,1-2H3,(H,84,88)/b7-5-,13-11-,19-17-,25-23-,29-28-,32-31-,35-34-,38-37-,41-40-,44-43-,66-64+. The number of aliphatic hydroxyl groups excluding tert-OH is 8. The fraction of sp³-hybridized carbons (Fsp3) is 0.723. The van der Waals surface area contributed by atoms with E-state index in [1.807, 2.05) is 6.08 Å². The van der Waals surface area contributed by atoms with E-state index in [1.165, 1.54) is 154 Å². The second kappa shape index (κ2) is 65.4. The zero-order chi connectivity index (χ0) is 70.1. The number of carbonyl (C=O) groups is 1. The van der Waals surface area contributed by atoms with Gasteiger partial charge in [0.1, 0.15) is 48.8 Å². The monoisotopic (exact) mass is 1360 g/mol. The normalized spacial score (nSPS) is 22.9. The molecule has 0 bridgehead atoms. The van der Waals surface area contributed by atoms with Crippen LogP contribution in [0.2, 0.25) is 0 Å². The van der Waals surface area contributed by atoms with E-state index in [1.54, 1.807) is 6.08 Å². The van der Waals surface area contributed by atoms with Crippen molar-refractivity contribution in [1.82, 2.24) is 5.32 Å². The molecule has 0 aromatic carbocycles. The molecule has 0 aliphatic carbocycles. The largest absolute Gasteiger partial charge is 0.394 e. The fourth-order valence-corrected chi connectivity index (χ4v) is 12.0. The zero-order valence-electron chi connectivity index (χ0n) is 60.8. The molecule has 0 radical (unpaired) electrons. The summed E-state index contributed by atoms with van der Waals surface area (Å²) in [5.41, 5.74) is 0. The molecule has 14 nitrogen and oxygen atoms in total. The Morgan fingerprint density at radius 1 is 0.381 bits per heavy atom. The lowest BCUT2D eigenvalue weighted by atomic mass is 9.97. The molecule has 14 heteroatoms. The Bertz CT molecular complexity index is 2140. The number of aliphatic hydroxyl groups is 8. The van der Waals surface area contributed by atoms with Crippen LogP contribution in [0.4, 0.5) is 0 Å². The van der Waals surface area contributed by atoms with Gasteiger partial charge in [0.15, 0.2) is 12.6 Å².